The van der Waals surface area contributed by atoms with Gasteiger partial charge in [-0.1, -0.05) is 6.58 Å². The van der Waals surface area contributed by atoms with Crippen molar-refractivity contribution in [2.75, 3.05) is 12.3 Å². The van der Waals surface area contributed by atoms with Crippen LogP contribution in [0.1, 0.15) is 6.23 Å². The molecule has 3 atom stereocenters. The minimum absolute atomic E-state index is 0.0715. The lowest BCUT2D eigenvalue weighted by Crippen LogP contribution is -2.25. The minimum Gasteiger partial charge on any atom is -0.394 e. The molecule has 1 fully saturated rings. The quantitative estimate of drug-likeness (QED) is 0.617. The lowest BCUT2D eigenvalue weighted by molar-refractivity contribution is -0.0422. The van der Waals surface area contributed by atoms with Gasteiger partial charge in [0.25, 0.3) is 0 Å². The maximum atomic E-state index is 11.9. The van der Waals surface area contributed by atoms with Crippen LogP contribution in [0.2, 0.25) is 0 Å². The van der Waals surface area contributed by atoms with E-state index in [0.717, 1.165) is 0 Å². The maximum absolute atomic E-state index is 11.9. The number of nitrogen functional groups attached to an aromatic ring is 1. The van der Waals surface area contributed by atoms with E-state index >= 15 is 0 Å². The molecule has 8 heteroatoms. The molecule has 0 saturated carbocycles. The Kier molecular flexibility index (Phi) is 3.20. The normalized spacial score (nSPS) is 25.6. The Labute approximate surface area is 119 Å². The van der Waals surface area contributed by atoms with Crippen LogP contribution in [-0.4, -0.2) is 43.6 Å². The topological polar surface area (TPSA) is 123 Å². The summed E-state index contributed by atoms with van der Waals surface area (Å²) in [5, 5.41) is 19.3. The third-order valence-corrected chi connectivity index (χ3v) is 3.52. The molecule has 1 saturated heterocycles. The highest BCUT2D eigenvalue weighted by Gasteiger charge is 2.38. The Morgan fingerprint density at radius 1 is 1.48 bits per heavy atom. The number of nitrogens with zero attached hydrogens (tertiary/aromatic N) is 3. The van der Waals surface area contributed by atoms with E-state index in [-0.39, 0.29) is 28.9 Å². The Hall–Kier alpha value is -2.29. The van der Waals surface area contributed by atoms with E-state index in [1.807, 2.05) is 0 Å². The average molecular weight is 290 g/mol. The van der Waals surface area contributed by atoms with Crippen molar-refractivity contribution in [3.8, 4) is 0 Å². The minimum atomic E-state index is -0.992. The predicted octanol–water partition coefficient (Wildman–Crippen LogP) is -0.820. The number of aliphatic hydroxyl groups excluding tert-OH is 2. The van der Waals surface area contributed by atoms with Gasteiger partial charge in [-0.25, -0.2) is 9.97 Å². The molecule has 0 aliphatic carbocycles. The monoisotopic (exact) mass is 290 g/mol. The van der Waals surface area contributed by atoms with E-state index in [9.17, 15) is 15.0 Å². The highest BCUT2D eigenvalue weighted by atomic mass is 16.5. The van der Waals surface area contributed by atoms with E-state index < -0.39 is 18.4 Å². The summed E-state index contributed by atoms with van der Waals surface area (Å²) in [5.74, 6) is 0.0715. The highest BCUT2D eigenvalue weighted by Crippen LogP contribution is 2.34. The largest absolute Gasteiger partial charge is 0.394 e. The summed E-state index contributed by atoms with van der Waals surface area (Å²) in [6.45, 7) is 3.44. The zero-order valence-electron chi connectivity index (χ0n) is 11.0. The fourth-order valence-electron chi connectivity index (χ4n) is 2.41. The smallest absolute Gasteiger partial charge is 0.194 e. The van der Waals surface area contributed by atoms with Crippen LogP contribution < -0.4 is 11.2 Å². The van der Waals surface area contributed by atoms with Gasteiger partial charge in [-0.15, -0.1) is 0 Å². The van der Waals surface area contributed by atoms with Gasteiger partial charge in [0.2, 0.25) is 0 Å². The van der Waals surface area contributed by atoms with Gasteiger partial charge in [-0.3, -0.25) is 4.79 Å². The van der Waals surface area contributed by atoms with Gasteiger partial charge < -0.3 is 25.3 Å². The summed E-state index contributed by atoms with van der Waals surface area (Å²) in [5.41, 5.74) is 6.08. The summed E-state index contributed by atoms with van der Waals surface area (Å²) in [6.07, 6.45) is 0.226. The SMILES string of the molecule is C=C1[C@H](n2ccc(=O)c3c(N)ncnc32)O[C@H](CO)[C@H]1O. The fraction of sp³-hybridized carbons (Fsp3) is 0.308. The van der Waals surface area contributed by atoms with Crippen LogP contribution in [-0.2, 0) is 4.74 Å². The molecule has 0 bridgehead atoms. The van der Waals surface area contributed by atoms with Gasteiger partial charge in [0.05, 0.1) is 6.61 Å². The molecule has 4 N–H and O–H groups in total. The van der Waals surface area contributed by atoms with Gasteiger partial charge in [0.1, 0.15) is 29.7 Å². The zero-order valence-corrected chi connectivity index (χ0v) is 11.0. The summed E-state index contributed by atoms with van der Waals surface area (Å²) in [6, 6.07) is 1.32. The lowest BCUT2D eigenvalue weighted by atomic mass is 10.1. The number of rotatable bonds is 2. The number of anilines is 1. The molecule has 2 aromatic heterocycles. The molecule has 1 aliphatic rings. The van der Waals surface area contributed by atoms with Crippen molar-refractivity contribution in [2.24, 2.45) is 0 Å². The summed E-state index contributed by atoms with van der Waals surface area (Å²) < 4.78 is 7.11. The average Bonchev–Trinajstić information content (AvgIpc) is 2.76. The highest BCUT2D eigenvalue weighted by molar-refractivity contribution is 5.85. The van der Waals surface area contributed by atoms with E-state index in [0.29, 0.717) is 5.57 Å². The van der Waals surface area contributed by atoms with Crippen LogP contribution in [0.15, 0.2) is 35.5 Å². The molecule has 0 radical (unpaired) electrons. The van der Waals surface area contributed by atoms with Gasteiger partial charge in [-0.2, -0.15) is 0 Å². The number of aromatic nitrogens is 3. The summed E-state index contributed by atoms with van der Waals surface area (Å²) >= 11 is 0. The first kappa shape index (κ1) is 13.7. The van der Waals surface area contributed by atoms with Crippen molar-refractivity contribution in [1.29, 1.82) is 0 Å². The van der Waals surface area contributed by atoms with E-state index in [4.69, 9.17) is 10.5 Å². The maximum Gasteiger partial charge on any atom is 0.194 e. The molecule has 0 amide bonds. The van der Waals surface area contributed by atoms with Crippen molar-refractivity contribution in [1.82, 2.24) is 14.5 Å². The van der Waals surface area contributed by atoms with E-state index in [2.05, 4.69) is 16.5 Å². The molecular weight excluding hydrogens is 276 g/mol. The number of hydrogen-bond acceptors (Lipinski definition) is 7. The van der Waals surface area contributed by atoms with Crippen molar-refractivity contribution >= 4 is 16.9 Å². The fourth-order valence-corrected chi connectivity index (χ4v) is 2.41. The molecule has 8 nitrogen and oxygen atoms in total. The lowest BCUT2D eigenvalue weighted by Gasteiger charge is -2.18. The third-order valence-electron chi connectivity index (χ3n) is 3.52. The van der Waals surface area contributed by atoms with Crippen LogP contribution >= 0.6 is 0 Å². The van der Waals surface area contributed by atoms with Crippen molar-refractivity contribution in [3.05, 3.63) is 41.0 Å². The number of nitrogens with two attached hydrogens (primary N) is 1. The molecular formula is C13H14N4O4. The molecule has 3 heterocycles. The third kappa shape index (κ3) is 2.00. The van der Waals surface area contributed by atoms with Crippen molar-refractivity contribution < 1.29 is 14.9 Å². The summed E-state index contributed by atoms with van der Waals surface area (Å²) in [7, 11) is 0. The van der Waals surface area contributed by atoms with Gasteiger partial charge in [-0.05, 0) is 0 Å². The van der Waals surface area contributed by atoms with Crippen molar-refractivity contribution in [3.63, 3.8) is 0 Å². The molecule has 0 aromatic carbocycles. The van der Waals surface area contributed by atoms with Crippen LogP contribution in [0.4, 0.5) is 5.82 Å². The first-order chi connectivity index (χ1) is 10.0. The first-order valence-electron chi connectivity index (χ1n) is 6.29. The van der Waals surface area contributed by atoms with Gasteiger partial charge in [0.15, 0.2) is 17.3 Å². The Bertz CT molecular complexity index is 772. The van der Waals surface area contributed by atoms with E-state index in [1.165, 1.54) is 23.2 Å². The first-order valence-corrected chi connectivity index (χ1v) is 6.29. The van der Waals surface area contributed by atoms with Crippen LogP contribution in [0.5, 0.6) is 0 Å². The summed E-state index contributed by atoms with van der Waals surface area (Å²) in [4.78, 5) is 19.8. The Balaban J connectivity index is 2.19. The molecule has 21 heavy (non-hydrogen) atoms. The zero-order chi connectivity index (χ0) is 15.1. The van der Waals surface area contributed by atoms with E-state index in [1.54, 1.807) is 0 Å². The number of ether oxygens (including phenoxy) is 1. The Morgan fingerprint density at radius 2 is 2.24 bits per heavy atom. The predicted molar refractivity (Wildman–Crippen MR) is 74.4 cm³/mol. The van der Waals surface area contributed by atoms with Crippen molar-refractivity contribution in [2.45, 2.75) is 18.4 Å². The van der Waals surface area contributed by atoms with Crippen LogP contribution in [0.25, 0.3) is 11.0 Å². The van der Waals surface area contributed by atoms with Gasteiger partial charge >= 0.3 is 0 Å². The number of fused-ring (bicyclic) bond motifs is 1. The van der Waals surface area contributed by atoms with Crippen LogP contribution in [0.3, 0.4) is 0 Å². The second kappa shape index (κ2) is 4.92. The molecule has 110 valence electrons. The molecule has 2 aromatic rings. The standard InChI is InChI=1S/C13H14N4O4/c1-6-10(20)8(4-18)21-13(6)17-3-2-7(19)9-11(14)15-5-16-12(9)17/h2-3,5,8,10,13,18,20H,1,4H2,(H2,14,15,16)/t8-,10+,13-/m1/s1. The second-order valence-corrected chi connectivity index (χ2v) is 4.77. The van der Waals surface area contributed by atoms with Gasteiger partial charge in [0, 0.05) is 17.8 Å². The molecule has 3 rings (SSSR count). The number of pyridine rings is 1. The number of aliphatic hydroxyl groups is 2. The molecule has 1 aliphatic heterocycles. The van der Waals surface area contributed by atoms with Crippen LogP contribution in [0, 0.1) is 0 Å². The Morgan fingerprint density at radius 3 is 2.90 bits per heavy atom. The molecule has 0 spiro atoms. The second-order valence-electron chi connectivity index (χ2n) is 4.77. The number of hydrogen-bond donors (Lipinski definition) is 3. The molecule has 0 unspecified atom stereocenters.